The van der Waals surface area contributed by atoms with E-state index in [0.29, 0.717) is 31.4 Å². The minimum atomic E-state index is -0.630. The van der Waals surface area contributed by atoms with Gasteiger partial charge in [0, 0.05) is 31.0 Å². The molecule has 3 rings (SSSR count). The van der Waals surface area contributed by atoms with Gasteiger partial charge in [0.1, 0.15) is 23.8 Å². The topological polar surface area (TPSA) is 59.8 Å². The van der Waals surface area contributed by atoms with E-state index in [1.807, 2.05) is 4.57 Å². The van der Waals surface area contributed by atoms with Crippen molar-refractivity contribution in [2.45, 2.75) is 39.3 Å². The first-order chi connectivity index (χ1) is 11.0. The van der Waals surface area contributed by atoms with Crippen LogP contribution < -0.4 is 5.32 Å². The number of hydrogen-bond donors (Lipinski definition) is 1. The van der Waals surface area contributed by atoms with Crippen LogP contribution in [0, 0.1) is 24.5 Å². The van der Waals surface area contributed by atoms with Crippen LogP contribution in [0.25, 0.3) is 0 Å². The van der Waals surface area contributed by atoms with Crippen molar-refractivity contribution in [2.75, 3.05) is 0 Å². The molecular weight excluding hydrogens is 302 g/mol. The molecule has 2 heterocycles. The normalized spacial score (nSPS) is 17.4. The van der Waals surface area contributed by atoms with Crippen LogP contribution in [0.1, 0.15) is 29.8 Å². The summed E-state index contributed by atoms with van der Waals surface area (Å²) in [5, 5.41) is 10.5. The largest absolute Gasteiger partial charge is 0.352 e. The van der Waals surface area contributed by atoms with E-state index in [9.17, 15) is 13.6 Å². The van der Waals surface area contributed by atoms with E-state index in [-0.39, 0.29) is 23.9 Å². The molecule has 1 aliphatic heterocycles. The highest BCUT2D eigenvalue weighted by atomic mass is 19.1. The van der Waals surface area contributed by atoms with Crippen LogP contribution in [0.15, 0.2) is 18.5 Å². The van der Waals surface area contributed by atoms with E-state index < -0.39 is 11.6 Å². The molecule has 0 fully saturated rings. The van der Waals surface area contributed by atoms with Crippen LogP contribution in [-0.2, 0) is 24.3 Å². The predicted octanol–water partition coefficient (Wildman–Crippen LogP) is 2.13. The van der Waals surface area contributed by atoms with E-state index >= 15 is 0 Å². The summed E-state index contributed by atoms with van der Waals surface area (Å²) in [6.07, 6.45) is 3.65. The van der Waals surface area contributed by atoms with Crippen molar-refractivity contribution in [2.24, 2.45) is 5.92 Å². The zero-order chi connectivity index (χ0) is 16.4. The van der Waals surface area contributed by atoms with E-state index in [0.717, 1.165) is 5.82 Å². The van der Waals surface area contributed by atoms with Gasteiger partial charge in [0.05, 0.1) is 0 Å². The van der Waals surface area contributed by atoms with Gasteiger partial charge >= 0.3 is 0 Å². The van der Waals surface area contributed by atoms with Gasteiger partial charge < -0.3 is 9.88 Å². The average molecular weight is 320 g/mol. The van der Waals surface area contributed by atoms with Crippen molar-refractivity contribution in [3.63, 3.8) is 0 Å². The highest BCUT2D eigenvalue weighted by Gasteiger charge is 2.23. The molecule has 0 aliphatic carbocycles. The number of aromatic nitrogens is 3. The summed E-state index contributed by atoms with van der Waals surface area (Å²) in [4.78, 5) is 12.3. The zero-order valence-corrected chi connectivity index (χ0v) is 12.9. The summed E-state index contributed by atoms with van der Waals surface area (Å²) < 4.78 is 29.5. The van der Waals surface area contributed by atoms with Crippen molar-refractivity contribution in [3.8, 4) is 0 Å². The molecule has 1 atom stereocenters. The van der Waals surface area contributed by atoms with Gasteiger partial charge in [0.2, 0.25) is 5.91 Å². The number of aryl methyl sites for hydroxylation is 3. The number of fused-ring (bicyclic) bond motifs is 1. The SMILES string of the molecule is Cc1cc(F)c(CNC(=O)[C@H]2CCc3nncn3CC2)c(F)c1. The Balaban J connectivity index is 1.61. The van der Waals surface area contributed by atoms with E-state index in [1.165, 1.54) is 12.1 Å². The van der Waals surface area contributed by atoms with Gasteiger partial charge in [-0.15, -0.1) is 10.2 Å². The Kier molecular flexibility index (Phi) is 4.36. The fourth-order valence-corrected chi connectivity index (χ4v) is 2.88. The van der Waals surface area contributed by atoms with Crippen LogP contribution in [0.5, 0.6) is 0 Å². The van der Waals surface area contributed by atoms with E-state index in [2.05, 4.69) is 15.5 Å². The van der Waals surface area contributed by atoms with Crippen molar-refractivity contribution >= 4 is 5.91 Å². The van der Waals surface area contributed by atoms with Crippen LogP contribution in [0.4, 0.5) is 8.78 Å². The number of amides is 1. The van der Waals surface area contributed by atoms with Gasteiger partial charge in [-0.2, -0.15) is 0 Å². The highest BCUT2D eigenvalue weighted by molar-refractivity contribution is 5.78. The molecule has 1 aromatic heterocycles. The fourth-order valence-electron chi connectivity index (χ4n) is 2.88. The average Bonchev–Trinajstić information content (AvgIpc) is 2.84. The number of benzene rings is 1. The minimum Gasteiger partial charge on any atom is -0.352 e. The molecule has 23 heavy (non-hydrogen) atoms. The maximum atomic E-state index is 13.8. The second-order valence-electron chi connectivity index (χ2n) is 5.89. The van der Waals surface area contributed by atoms with E-state index in [1.54, 1.807) is 13.3 Å². The minimum absolute atomic E-state index is 0.102. The van der Waals surface area contributed by atoms with Crippen LogP contribution in [0.2, 0.25) is 0 Å². The maximum Gasteiger partial charge on any atom is 0.223 e. The molecule has 2 aromatic rings. The second kappa shape index (κ2) is 6.44. The van der Waals surface area contributed by atoms with Crippen molar-refractivity contribution < 1.29 is 13.6 Å². The standard InChI is InChI=1S/C16H18F2N4O/c1-10-6-13(17)12(14(18)7-10)8-19-16(23)11-2-3-15-21-20-9-22(15)5-4-11/h6-7,9,11H,2-5,8H2,1H3,(H,19,23)/t11-/m0/s1. The molecule has 0 saturated carbocycles. The van der Waals surface area contributed by atoms with Crippen LogP contribution >= 0.6 is 0 Å². The van der Waals surface area contributed by atoms with Gasteiger partial charge in [-0.25, -0.2) is 8.78 Å². The molecular formula is C16H18F2N4O. The molecule has 0 saturated heterocycles. The Morgan fingerprint density at radius 2 is 2.09 bits per heavy atom. The Bertz CT molecular complexity index is 683. The number of rotatable bonds is 3. The van der Waals surface area contributed by atoms with Gasteiger partial charge in [-0.1, -0.05) is 0 Å². The molecule has 0 spiro atoms. The first-order valence-electron chi connectivity index (χ1n) is 7.63. The lowest BCUT2D eigenvalue weighted by molar-refractivity contribution is -0.125. The summed E-state index contributed by atoms with van der Waals surface area (Å²) in [6, 6.07) is 2.53. The summed E-state index contributed by atoms with van der Waals surface area (Å²) >= 11 is 0. The molecule has 1 aliphatic rings. The third-order valence-corrected chi connectivity index (χ3v) is 4.23. The molecule has 7 heteroatoms. The molecule has 1 N–H and O–H groups in total. The number of nitrogens with one attached hydrogen (secondary N) is 1. The molecule has 1 amide bonds. The molecule has 0 unspecified atom stereocenters. The Hall–Kier alpha value is -2.31. The van der Waals surface area contributed by atoms with Crippen molar-refractivity contribution in [3.05, 3.63) is 47.0 Å². The molecule has 122 valence electrons. The smallest absolute Gasteiger partial charge is 0.223 e. The number of carbonyl (C=O) groups is 1. The lowest BCUT2D eigenvalue weighted by atomic mass is 9.99. The Morgan fingerprint density at radius 1 is 1.35 bits per heavy atom. The fraction of sp³-hybridized carbons (Fsp3) is 0.438. The predicted molar refractivity (Wildman–Crippen MR) is 79.4 cm³/mol. The first-order valence-corrected chi connectivity index (χ1v) is 7.63. The summed E-state index contributed by atoms with van der Waals surface area (Å²) in [6.45, 7) is 2.16. The summed E-state index contributed by atoms with van der Waals surface area (Å²) in [5.41, 5.74) is 0.413. The number of hydrogen-bond acceptors (Lipinski definition) is 3. The highest BCUT2D eigenvalue weighted by Crippen LogP contribution is 2.20. The number of halogens is 2. The lowest BCUT2D eigenvalue weighted by Gasteiger charge is -2.14. The molecule has 1 aromatic carbocycles. The number of nitrogens with zero attached hydrogens (tertiary/aromatic N) is 3. The molecule has 0 radical (unpaired) electrons. The number of carbonyl (C=O) groups excluding carboxylic acids is 1. The van der Waals surface area contributed by atoms with Gasteiger partial charge in [0.15, 0.2) is 0 Å². The Morgan fingerprint density at radius 3 is 2.83 bits per heavy atom. The summed E-state index contributed by atoms with van der Waals surface area (Å²) in [5.74, 6) is -0.753. The van der Waals surface area contributed by atoms with Gasteiger partial charge in [-0.05, 0) is 37.5 Å². The molecule has 0 bridgehead atoms. The quantitative estimate of drug-likeness (QED) is 0.942. The maximum absolute atomic E-state index is 13.8. The van der Waals surface area contributed by atoms with Crippen LogP contribution in [-0.4, -0.2) is 20.7 Å². The zero-order valence-electron chi connectivity index (χ0n) is 12.9. The monoisotopic (exact) mass is 320 g/mol. The van der Waals surface area contributed by atoms with Crippen molar-refractivity contribution in [1.82, 2.24) is 20.1 Å². The third-order valence-electron chi connectivity index (χ3n) is 4.23. The second-order valence-corrected chi connectivity index (χ2v) is 5.89. The van der Waals surface area contributed by atoms with Crippen molar-refractivity contribution in [1.29, 1.82) is 0 Å². The van der Waals surface area contributed by atoms with E-state index in [4.69, 9.17) is 0 Å². The third kappa shape index (κ3) is 3.38. The van der Waals surface area contributed by atoms with Gasteiger partial charge in [0.25, 0.3) is 0 Å². The van der Waals surface area contributed by atoms with Gasteiger partial charge in [-0.3, -0.25) is 4.79 Å². The van der Waals surface area contributed by atoms with Crippen LogP contribution in [0.3, 0.4) is 0 Å². The Labute approximate surface area is 132 Å². The first kappa shape index (κ1) is 15.6. The lowest BCUT2D eigenvalue weighted by Crippen LogP contribution is -2.31. The summed E-state index contributed by atoms with van der Waals surface area (Å²) in [7, 11) is 0. The molecule has 5 nitrogen and oxygen atoms in total.